The molecule has 0 fully saturated rings. The molecule has 0 aromatic heterocycles. The van der Waals surface area contributed by atoms with E-state index >= 15 is 0 Å². The van der Waals surface area contributed by atoms with E-state index < -0.39 is 5.97 Å². The van der Waals surface area contributed by atoms with E-state index in [2.05, 4.69) is 19.2 Å². The molecule has 1 amide bonds. The second-order valence-electron chi connectivity index (χ2n) is 5.48. The molecule has 1 rings (SSSR count). The van der Waals surface area contributed by atoms with Crippen LogP contribution in [-0.4, -0.2) is 23.5 Å². The van der Waals surface area contributed by atoms with Crippen molar-refractivity contribution in [1.82, 2.24) is 0 Å². The number of aromatic carboxylic acids is 1. The second kappa shape index (κ2) is 8.00. The molecule has 0 aliphatic heterocycles. The normalized spacial score (nSPS) is 12.2. The molecule has 0 bridgehead atoms. The van der Waals surface area contributed by atoms with E-state index in [1.165, 1.54) is 18.2 Å². The maximum Gasteiger partial charge on any atom is 0.337 e. The maximum atomic E-state index is 12.0. The molecule has 0 radical (unpaired) electrons. The fourth-order valence-corrected chi connectivity index (χ4v) is 2.37. The summed E-state index contributed by atoms with van der Waals surface area (Å²) in [4.78, 5) is 23.2. The van der Waals surface area contributed by atoms with Crippen LogP contribution in [0.1, 0.15) is 37.0 Å². The van der Waals surface area contributed by atoms with Crippen molar-refractivity contribution in [2.45, 2.75) is 26.7 Å². The van der Waals surface area contributed by atoms with E-state index in [1.54, 1.807) is 0 Å². The number of hydrogen-bond donors (Lipinski definition) is 3. The molecule has 116 valence electrons. The third-order valence-electron chi connectivity index (χ3n) is 3.10. The maximum absolute atomic E-state index is 12.0. The average molecular weight is 313 g/mol. The Kier molecular flexibility index (Phi) is 6.65. The molecular weight excluding hydrogens is 292 g/mol. The number of amides is 1. The van der Waals surface area contributed by atoms with Gasteiger partial charge in [-0.2, -0.15) is 0 Å². The zero-order valence-electron chi connectivity index (χ0n) is 12.2. The van der Waals surface area contributed by atoms with E-state index in [0.29, 0.717) is 17.5 Å². The number of rotatable bonds is 7. The summed E-state index contributed by atoms with van der Waals surface area (Å²) in [5.41, 5.74) is 5.89. The standard InChI is InChI=1S/C15H21ClN2O3/c1-9(2)5-10(8-17)6-14(19)18-13-7-11(16)3-4-12(13)15(20)21/h3-4,7,9-10H,5-6,8,17H2,1-2H3,(H,18,19)(H,20,21). The summed E-state index contributed by atoms with van der Waals surface area (Å²) in [5, 5.41) is 12.1. The van der Waals surface area contributed by atoms with Gasteiger partial charge >= 0.3 is 5.97 Å². The number of hydrogen-bond acceptors (Lipinski definition) is 3. The SMILES string of the molecule is CC(C)CC(CN)CC(=O)Nc1cc(Cl)ccc1C(=O)O. The molecule has 0 spiro atoms. The Morgan fingerprint density at radius 2 is 2.05 bits per heavy atom. The predicted octanol–water partition coefficient (Wildman–Crippen LogP) is 2.99. The largest absolute Gasteiger partial charge is 0.478 e. The van der Waals surface area contributed by atoms with Crippen molar-refractivity contribution in [1.29, 1.82) is 0 Å². The van der Waals surface area contributed by atoms with Crippen LogP contribution in [0.2, 0.25) is 5.02 Å². The van der Waals surface area contributed by atoms with Gasteiger partial charge in [0.05, 0.1) is 11.3 Å². The van der Waals surface area contributed by atoms with Gasteiger partial charge in [0.25, 0.3) is 0 Å². The first-order chi connectivity index (χ1) is 9.83. The number of halogens is 1. The molecule has 1 aromatic carbocycles. The summed E-state index contributed by atoms with van der Waals surface area (Å²) in [5.74, 6) is -0.833. The molecule has 0 saturated carbocycles. The van der Waals surface area contributed by atoms with E-state index in [4.69, 9.17) is 22.4 Å². The number of nitrogens with two attached hydrogens (primary N) is 1. The van der Waals surface area contributed by atoms with Crippen molar-refractivity contribution in [3.05, 3.63) is 28.8 Å². The van der Waals surface area contributed by atoms with E-state index in [-0.39, 0.29) is 29.5 Å². The zero-order valence-corrected chi connectivity index (χ0v) is 13.0. The topological polar surface area (TPSA) is 92.4 Å². The number of carboxylic acid groups (broad SMARTS) is 1. The van der Waals surface area contributed by atoms with Gasteiger partial charge in [0.2, 0.25) is 5.91 Å². The highest BCUT2D eigenvalue weighted by atomic mass is 35.5. The lowest BCUT2D eigenvalue weighted by molar-refractivity contribution is -0.117. The predicted molar refractivity (Wildman–Crippen MR) is 83.7 cm³/mol. The lowest BCUT2D eigenvalue weighted by Gasteiger charge is -2.17. The molecule has 6 heteroatoms. The van der Waals surface area contributed by atoms with E-state index in [0.717, 1.165) is 6.42 Å². The van der Waals surface area contributed by atoms with Crippen molar-refractivity contribution in [2.24, 2.45) is 17.6 Å². The van der Waals surface area contributed by atoms with Crippen LogP contribution in [0, 0.1) is 11.8 Å². The lowest BCUT2D eigenvalue weighted by atomic mass is 9.94. The Bertz CT molecular complexity index is 518. The lowest BCUT2D eigenvalue weighted by Crippen LogP contribution is -2.24. The van der Waals surface area contributed by atoms with Crippen LogP contribution in [0.3, 0.4) is 0 Å². The molecule has 1 aromatic rings. The summed E-state index contributed by atoms with van der Waals surface area (Å²) in [6, 6.07) is 4.28. The molecule has 5 nitrogen and oxygen atoms in total. The zero-order chi connectivity index (χ0) is 16.0. The van der Waals surface area contributed by atoms with Gasteiger partial charge in [0.15, 0.2) is 0 Å². The first-order valence-corrected chi connectivity index (χ1v) is 7.24. The molecule has 0 aliphatic carbocycles. The third kappa shape index (κ3) is 5.73. The van der Waals surface area contributed by atoms with Gasteiger partial charge in [-0.05, 0) is 43.0 Å². The highest BCUT2D eigenvalue weighted by Crippen LogP contribution is 2.22. The average Bonchev–Trinajstić information content (AvgIpc) is 2.36. The number of nitrogens with one attached hydrogen (secondary N) is 1. The van der Waals surface area contributed by atoms with Gasteiger partial charge in [-0.3, -0.25) is 4.79 Å². The monoisotopic (exact) mass is 312 g/mol. The van der Waals surface area contributed by atoms with Crippen molar-refractivity contribution in [3.8, 4) is 0 Å². The van der Waals surface area contributed by atoms with Gasteiger partial charge in [-0.25, -0.2) is 4.79 Å². The van der Waals surface area contributed by atoms with Crippen LogP contribution < -0.4 is 11.1 Å². The first kappa shape index (κ1) is 17.5. The third-order valence-corrected chi connectivity index (χ3v) is 3.33. The Morgan fingerprint density at radius 3 is 2.57 bits per heavy atom. The van der Waals surface area contributed by atoms with Crippen molar-refractivity contribution in [2.75, 3.05) is 11.9 Å². The van der Waals surface area contributed by atoms with Gasteiger partial charge in [0, 0.05) is 11.4 Å². The van der Waals surface area contributed by atoms with Gasteiger partial charge in [-0.1, -0.05) is 25.4 Å². The fourth-order valence-electron chi connectivity index (χ4n) is 2.20. The minimum atomic E-state index is -1.11. The van der Waals surface area contributed by atoms with Crippen LogP contribution in [-0.2, 0) is 4.79 Å². The molecule has 0 heterocycles. The number of benzene rings is 1. The van der Waals surface area contributed by atoms with E-state index in [9.17, 15) is 9.59 Å². The number of anilines is 1. The summed E-state index contributed by atoms with van der Waals surface area (Å²) >= 11 is 5.84. The molecular formula is C15H21ClN2O3. The summed E-state index contributed by atoms with van der Waals surface area (Å²) in [6.07, 6.45) is 1.12. The number of carbonyl (C=O) groups excluding carboxylic acids is 1. The Hall–Kier alpha value is -1.59. The van der Waals surface area contributed by atoms with Crippen molar-refractivity contribution >= 4 is 29.2 Å². The van der Waals surface area contributed by atoms with Gasteiger partial charge < -0.3 is 16.2 Å². The smallest absolute Gasteiger partial charge is 0.337 e. The van der Waals surface area contributed by atoms with Crippen molar-refractivity contribution in [3.63, 3.8) is 0 Å². The molecule has 0 aliphatic rings. The summed E-state index contributed by atoms with van der Waals surface area (Å²) in [7, 11) is 0. The summed E-state index contributed by atoms with van der Waals surface area (Å²) < 4.78 is 0. The molecule has 1 unspecified atom stereocenters. The number of carbonyl (C=O) groups is 2. The van der Waals surface area contributed by atoms with Crippen LogP contribution in [0.4, 0.5) is 5.69 Å². The molecule has 1 atom stereocenters. The second-order valence-corrected chi connectivity index (χ2v) is 5.92. The summed E-state index contributed by atoms with van der Waals surface area (Å²) in [6.45, 7) is 4.56. The van der Waals surface area contributed by atoms with Crippen LogP contribution in [0.25, 0.3) is 0 Å². The minimum Gasteiger partial charge on any atom is -0.478 e. The van der Waals surface area contributed by atoms with Crippen LogP contribution in [0.5, 0.6) is 0 Å². The van der Waals surface area contributed by atoms with Gasteiger partial charge in [0.1, 0.15) is 0 Å². The Balaban J connectivity index is 2.78. The molecule has 4 N–H and O–H groups in total. The van der Waals surface area contributed by atoms with Crippen LogP contribution in [0.15, 0.2) is 18.2 Å². The Labute approximate surface area is 129 Å². The number of carboxylic acids is 1. The highest BCUT2D eigenvalue weighted by Gasteiger charge is 2.17. The van der Waals surface area contributed by atoms with Gasteiger partial charge in [-0.15, -0.1) is 0 Å². The fraction of sp³-hybridized carbons (Fsp3) is 0.467. The van der Waals surface area contributed by atoms with Crippen molar-refractivity contribution < 1.29 is 14.7 Å². The molecule has 0 saturated heterocycles. The quantitative estimate of drug-likeness (QED) is 0.721. The van der Waals surface area contributed by atoms with Crippen LogP contribution >= 0.6 is 11.6 Å². The first-order valence-electron chi connectivity index (χ1n) is 6.86. The molecule has 21 heavy (non-hydrogen) atoms. The van der Waals surface area contributed by atoms with E-state index in [1.807, 2.05) is 0 Å². The highest BCUT2D eigenvalue weighted by molar-refractivity contribution is 6.31. The minimum absolute atomic E-state index is 0.0147. The Morgan fingerprint density at radius 1 is 1.38 bits per heavy atom.